The summed E-state index contributed by atoms with van der Waals surface area (Å²) < 4.78 is 24.0. The van der Waals surface area contributed by atoms with E-state index in [0.29, 0.717) is 13.0 Å². The highest BCUT2D eigenvalue weighted by Gasteiger charge is 2.35. The van der Waals surface area contributed by atoms with Gasteiger partial charge in [-0.25, -0.2) is 17.9 Å². The molecule has 1 atom stereocenters. The summed E-state index contributed by atoms with van der Waals surface area (Å²) in [5.74, 6) is -0.426. The molecule has 1 fully saturated rings. The molecule has 0 aromatic carbocycles. The Kier molecular flexibility index (Phi) is 3.48. The number of aryl methyl sites for hydroxylation is 1. The average Bonchev–Trinajstić information content (AvgIpc) is 2.84. The van der Waals surface area contributed by atoms with Crippen LogP contribution in [0.2, 0.25) is 0 Å². The van der Waals surface area contributed by atoms with E-state index in [9.17, 15) is 18.0 Å². The molecule has 1 amide bonds. The van der Waals surface area contributed by atoms with Crippen molar-refractivity contribution in [2.75, 3.05) is 18.1 Å². The Morgan fingerprint density at radius 1 is 1.58 bits per heavy atom. The predicted molar refractivity (Wildman–Crippen MR) is 67.6 cm³/mol. The van der Waals surface area contributed by atoms with Crippen LogP contribution in [0.5, 0.6) is 0 Å². The molecule has 0 saturated carbocycles. The molecule has 1 aliphatic rings. The van der Waals surface area contributed by atoms with E-state index in [1.165, 1.54) is 11.9 Å². The molecule has 106 valence electrons. The third-order valence-electron chi connectivity index (χ3n) is 3.22. The summed E-state index contributed by atoms with van der Waals surface area (Å²) in [6.07, 6.45) is 0.430. The van der Waals surface area contributed by atoms with Gasteiger partial charge in [0.1, 0.15) is 0 Å². The third kappa shape index (κ3) is 2.70. The van der Waals surface area contributed by atoms with E-state index >= 15 is 0 Å². The van der Waals surface area contributed by atoms with Crippen LogP contribution in [-0.4, -0.2) is 58.1 Å². The van der Waals surface area contributed by atoms with E-state index in [1.54, 1.807) is 6.92 Å². The van der Waals surface area contributed by atoms with E-state index in [2.05, 4.69) is 10.1 Å². The first-order valence-electron chi connectivity index (χ1n) is 5.98. The molecule has 1 unspecified atom stereocenters. The number of carbonyl (C=O) groups is 1. The maximum atomic E-state index is 12.2. The number of nitrogens with one attached hydrogen (secondary N) is 1. The summed E-state index contributed by atoms with van der Waals surface area (Å²) in [7, 11) is -1.62. The molecule has 0 bridgehead atoms. The van der Waals surface area contributed by atoms with Crippen molar-refractivity contribution in [1.82, 2.24) is 19.7 Å². The van der Waals surface area contributed by atoms with Crippen molar-refractivity contribution in [2.24, 2.45) is 7.05 Å². The molecule has 1 aromatic heterocycles. The maximum absolute atomic E-state index is 12.2. The van der Waals surface area contributed by atoms with Gasteiger partial charge in [0.15, 0.2) is 9.84 Å². The number of rotatable bonds is 3. The minimum absolute atomic E-state index is 0.0242. The molecule has 1 aromatic rings. The lowest BCUT2D eigenvalue weighted by atomic mass is 10.2. The zero-order valence-corrected chi connectivity index (χ0v) is 11.6. The molecular weight excluding hydrogens is 272 g/mol. The van der Waals surface area contributed by atoms with Crippen LogP contribution in [0.15, 0.2) is 4.79 Å². The fraction of sp³-hybridized carbons (Fsp3) is 0.700. The highest BCUT2D eigenvalue weighted by atomic mass is 32.2. The van der Waals surface area contributed by atoms with Crippen LogP contribution in [0.1, 0.15) is 24.0 Å². The number of sulfone groups is 1. The highest BCUT2D eigenvalue weighted by Crippen LogP contribution is 2.18. The summed E-state index contributed by atoms with van der Waals surface area (Å²) in [4.78, 5) is 27.3. The number of carbonyl (C=O) groups excluding carboxylic acids is 1. The summed E-state index contributed by atoms with van der Waals surface area (Å²) in [5, 5.41) is 3.79. The van der Waals surface area contributed by atoms with Crippen LogP contribution in [0.3, 0.4) is 0 Å². The molecule has 2 rings (SSSR count). The monoisotopic (exact) mass is 288 g/mol. The Morgan fingerprint density at radius 2 is 2.26 bits per heavy atom. The van der Waals surface area contributed by atoms with E-state index in [4.69, 9.17) is 0 Å². The van der Waals surface area contributed by atoms with Gasteiger partial charge in [-0.05, 0) is 13.3 Å². The van der Waals surface area contributed by atoms with Gasteiger partial charge in [0, 0.05) is 19.6 Å². The maximum Gasteiger partial charge on any atom is 0.343 e. The van der Waals surface area contributed by atoms with Crippen molar-refractivity contribution in [1.29, 1.82) is 0 Å². The minimum atomic E-state index is -3.06. The summed E-state index contributed by atoms with van der Waals surface area (Å²) >= 11 is 0. The van der Waals surface area contributed by atoms with Crippen molar-refractivity contribution < 1.29 is 13.2 Å². The molecule has 19 heavy (non-hydrogen) atoms. The molecule has 1 saturated heterocycles. The van der Waals surface area contributed by atoms with Gasteiger partial charge in [-0.1, -0.05) is 0 Å². The molecule has 1 aliphatic heterocycles. The predicted octanol–water partition coefficient (Wildman–Crippen LogP) is -1.24. The van der Waals surface area contributed by atoms with Crippen LogP contribution in [0.25, 0.3) is 0 Å². The number of amides is 1. The van der Waals surface area contributed by atoms with Crippen molar-refractivity contribution in [3.05, 3.63) is 16.3 Å². The van der Waals surface area contributed by atoms with E-state index in [-0.39, 0.29) is 23.4 Å². The Morgan fingerprint density at radius 3 is 2.68 bits per heavy atom. The first kappa shape index (κ1) is 13.8. The van der Waals surface area contributed by atoms with Crippen LogP contribution < -0.4 is 5.69 Å². The van der Waals surface area contributed by atoms with Gasteiger partial charge in [0.25, 0.3) is 5.91 Å². The van der Waals surface area contributed by atoms with E-state index in [1.807, 2.05) is 0 Å². The second-order valence-electron chi connectivity index (χ2n) is 4.55. The topological polar surface area (TPSA) is 105 Å². The Labute approximate surface area is 110 Å². The van der Waals surface area contributed by atoms with Crippen molar-refractivity contribution in [3.8, 4) is 0 Å². The Bertz CT molecular complexity index is 645. The van der Waals surface area contributed by atoms with Crippen LogP contribution in [0.4, 0.5) is 0 Å². The first-order chi connectivity index (χ1) is 8.84. The SMILES string of the molecule is CCN(C(=O)c1nn(C)c(=O)[nH]1)C1CCS(=O)(=O)C1. The third-order valence-corrected chi connectivity index (χ3v) is 4.97. The Balaban J connectivity index is 2.23. The fourth-order valence-corrected chi connectivity index (χ4v) is 3.95. The van der Waals surface area contributed by atoms with Gasteiger partial charge in [0.05, 0.1) is 11.5 Å². The van der Waals surface area contributed by atoms with E-state index in [0.717, 1.165) is 4.68 Å². The number of aromatic nitrogens is 3. The number of nitrogens with zero attached hydrogens (tertiary/aromatic N) is 3. The van der Waals surface area contributed by atoms with Crippen LogP contribution in [0, 0.1) is 0 Å². The summed E-state index contributed by atoms with van der Waals surface area (Å²) in [6.45, 7) is 2.14. The van der Waals surface area contributed by atoms with Gasteiger partial charge < -0.3 is 4.90 Å². The van der Waals surface area contributed by atoms with Crippen molar-refractivity contribution in [2.45, 2.75) is 19.4 Å². The quantitative estimate of drug-likeness (QED) is 0.749. The van der Waals surface area contributed by atoms with Crippen LogP contribution >= 0.6 is 0 Å². The molecule has 0 spiro atoms. The second-order valence-corrected chi connectivity index (χ2v) is 6.78. The lowest BCUT2D eigenvalue weighted by Gasteiger charge is -2.25. The van der Waals surface area contributed by atoms with Crippen LogP contribution in [-0.2, 0) is 16.9 Å². The number of hydrogen-bond donors (Lipinski definition) is 1. The zero-order valence-electron chi connectivity index (χ0n) is 10.8. The Hall–Kier alpha value is -1.64. The molecule has 0 radical (unpaired) electrons. The zero-order chi connectivity index (χ0) is 14.2. The second kappa shape index (κ2) is 4.80. The first-order valence-corrected chi connectivity index (χ1v) is 7.81. The molecule has 1 N–H and O–H groups in total. The summed E-state index contributed by atoms with van der Waals surface area (Å²) in [6, 6.07) is -0.340. The summed E-state index contributed by atoms with van der Waals surface area (Å²) in [5.41, 5.74) is -0.474. The van der Waals surface area contributed by atoms with Crippen molar-refractivity contribution in [3.63, 3.8) is 0 Å². The number of hydrogen-bond acceptors (Lipinski definition) is 5. The molecular formula is C10H16N4O4S. The lowest BCUT2D eigenvalue weighted by molar-refractivity contribution is 0.0695. The normalized spacial score (nSPS) is 21.5. The van der Waals surface area contributed by atoms with E-state index < -0.39 is 21.4 Å². The van der Waals surface area contributed by atoms with Crippen molar-refractivity contribution >= 4 is 15.7 Å². The standard InChI is InChI=1S/C10H16N4O4S/c1-3-14(7-4-5-19(17,18)6-7)9(15)8-11-10(16)13(2)12-8/h7H,3-6H2,1-2H3,(H,11,12,16). The highest BCUT2D eigenvalue weighted by molar-refractivity contribution is 7.91. The molecule has 0 aliphatic carbocycles. The largest absolute Gasteiger partial charge is 0.343 e. The van der Waals surface area contributed by atoms with Gasteiger partial charge in [-0.3, -0.25) is 9.78 Å². The van der Waals surface area contributed by atoms with Gasteiger partial charge >= 0.3 is 5.69 Å². The fourth-order valence-electron chi connectivity index (χ4n) is 2.22. The average molecular weight is 288 g/mol. The van der Waals surface area contributed by atoms with Gasteiger partial charge in [-0.2, -0.15) is 0 Å². The molecule has 2 heterocycles. The minimum Gasteiger partial charge on any atom is -0.332 e. The number of aromatic amines is 1. The van der Waals surface area contributed by atoms with Gasteiger partial charge in [-0.15, -0.1) is 5.10 Å². The van der Waals surface area contributed by atoms with Gasteiger partial charge in [0.2, 0.25) is 5.82 Å². The smallest absolute Gasteiger partial charge is 0.332 e. The molecule has 8 nitrogen and oxygen atoms in total. The lowest BCUT2D eigenvalue weighted by Crippen LogP contribution is -2.41. The molecule has 9 heteroatoms. The number of H-pyrrole nitrogens is 1.